The maximum Gasteiger partial charge on any atom is 0.342 e. The van der Waals surface area contributed by atoms with Gasteiger partial charge >= 0.3 is 5.97 Å². The fourth-order valence-corrected chi connectivity index (χ4v) is 1.90. The van der Waals surface area contributed by atoms with E-state index in [-0.39, 0.29) is 27.9 Å². The second-order valence-electron chi connectivity index (χ2n) is 5.67. The first kappa shape index (κ1) is 19.6. The van der Waals surface area contributed by atoms with Gasteiger partial charge in [0.1, 0.15) is 16.9 Å². The van der Waals surface area contributed by atoms with Gasteiger partial charge < -0.3 is 20.5 Å². The quantitative estimate of drug-likeness (QED) is 0.598. The molecule has 0 spiro atoms. The number of nitriles is 1. The first-order chi connectivity index (χ1) is 11.1. The number of esters is 1. The SMILES string of the molecule is COc1cc(N)c(Cl)cc1C(=O)OCC(=O)N[C@@](C)(C#N)C(C)C. The van der Waals surface area contributed by atoms with Crippen molar-refractivity contribution in [2.75, 3.05) is 19.5 Å². The molecule has 1 amide bonds. The summed E-state index contributed by atoms with van der Waals surface area (Å²) >= 11 is 5.89. The van der Waals surface area contributed by atoms with Crippen LogP contribution in [0, 0.1) is 17.2 Å². The Labute approximate surface area is 145 Å². The van der Waals surface area contributed by atoms with Crippen LogP contribution in [0.25, 0.3) is 0 Å². The van der Waals surface area contributed by atoms with E-state index in [9.17, 15) is 9.59 Å². The molecule has 8 heteroatoms. The van der Waals surface area contributed by atoms with Crippen LogP contribution in [0.1, 0.15) is 31.1 Å². The molecule has 24 heavy (non-hydrogen) atoms. The summed E-state index contributed by atoms with van der Waals surface area (Å²) < 4.78 is 10.0. The number of nitrogens with one attached hydrogen (secondary N) is 1. The van der Waals surface area contributed by atoms with Gasteiger partial charge in [-0.25, -0.2) is 4.79 Å². The molecule has 1 rings (SSSR count). The number of carbonyl (C=O) groups is 2. The van der Waals surface area contributed by atoms with Crippen LogP contribution in [0.4, 0.5) is 5.69 Å². The Kier molecular flexibility index (Phi) is 6.43. The van der Waals surface area contributed by atoms with Crippen molar-refractivity contribution in [3.8, 4) is 11.8 Å². The molecular weight excluding hydrogens is 334 g/mol. The molecule has 0 aliphatic rings. The smallest absolute Gasteiger partial charge is 0.342 e. The number of anilines is 1. The molecule has 0 aliphatic heterocycles. The Balaban J connectivity index is 2.79. The summed E-state index contributed by atoms with van der Waals surface area (Å²) in [6, 6.07) is 4.74. The fourth-order valence-electron chi connectivity index (χ4n) is 1.73. The third kappa shape index (κ3) is 4.52. The van der Waals surface area contributed by atoms with Gasteiger partial charge in [-0.15, -0.1) is 0 Å². The second-order valence-corrected chi connectivity index (χ2v) is 6.07. The van der Waals surface area contributed by atoms with Crippen LogP contribution in [0.15, 0.2) is 12.1 Å². The van der Waals surface area contributed by atoms with Gasteiger partial charge in [-0.2, -0.15) is 5.26 Å². The molecule has 3 N–H and O–H groups in total. The minimum absolute atomic E-state index is 0.0522. The number of nitrogen functional groups attached to an aromatic ring is 1. The number of carbonyl (C=O) groups excluding carboxylic acids is 2. The van der Waals surface area contributed by atoms with Crippen molar-refractivity contribution in [2.45, 2.75) is 26.3 Å². The number of nitrogens with zero attached hydrogens (tertiary/aromatic N) is 1. The van der Waals surface area contributed by atoms with Gasteiger partial charge in [-0.1, -0.05) is 25.4 Å². The Morgan fingerprint density at radius 2 is 2.08 bits per heavy atom. The molecule has 130 valence electrons. The van der Waals surface area contributed by atoms with E-state index in [1.807, 2.05) is 6.07 Å². The van der Waals surface area contributed by atoms with E-state index in [0.717, 1.165) is 0 Å². The molecule has 0 saturated carbocycles. The average Bonchev–Trinajstić information content (AvgIpc) is 2.54. The summed E-state index contributed by atoms with van der Waals surface area (Å²) in [4.78, 5) is 24.0. The van der Waals surface area contributed by atoms with Gasteiger partial charge in [0.05, 0.1) is 23.9 Å². The van der Waals surface area contributed by atoms with E-state index >= 15 is 0 Å². The van der Waals surface area contributed by atoms with E-state index in [1.165, 1.54) is 19.2 Å². The van der Waals surface area contributed by atoms with Gasteiger partial charge in [0.2, 0.25) is 0 Å². The van der Waals surface area contributed by atoms with Crippen molar-refractivity contribution in [3.63, 3.8) is 0 Å². The lowest BCUT2D eigenvalue weighted by molar-refractivity contribution is -0.125. The first-order valence-corrected chi connectivity index (χ1v) is 7.54. The van der Waals surface area contributed by atoms with Crippen LogP contribution in [-0.4, -0.2) is 31.1 Å². The lowest BCUT2D eigenvalue weighted by Crippen LogP contribution is -2.50. The standard InChI is InChI=1S/C16H20ClN3O4/c1-9(2)16(3,8-18)20-14(21)7-24-15(22)10-5-11(17)12(19)6-13(10)23-4/h5-6,9H,7,19H2,1-4H3,(H,20,21)/t16-/m0/s1. The summed E-state index contributed by atoms with van der Waals surface area (Å²) in [6.07, 6.45) is 0. The first-order valence-electron chi connectivity index (χ1n) is 7.17. The van der Waals surface area contributed by atoms with Gasteiger partial charge in [0.15, 0.2) is 6.61 Å². The zero-order chi connectivity index (χ0) is 18.5. The van der Waals surface area contributed by atoms with Gasteiger partial charge in [0, 0.05) is 6.07 Å². The lowest BCUT2D eigenvalue weighted by atomic mass is 9.90. The van der Waals surface area contributed by atoms with Gasteiger partial charge in [-0.3, -0.25) is 4.79 Å². The van der Waals surface area contributed by atoms with Crippen molar-refractivity contribution < 1.29 is 19.1 Å². The Hall–Kier alpha value is -2.46. The monoisotopic (exact) mass is 353 g/mol. The van der Waals surface area contributed by atoms with Crippen molar-refractivity contribution >= 4 is 29.2 Å². The number of benzene rings is 1. The minimum atomic E-state index is -1.05. The fraction of sp³-hybridized carbons (Fsp3) is 0.438. The van der Waals surface area contributed by atoms with Crippen LogP contribution in [0.2, 0.25) is 5.02 Å². The number of amides is 1. The molecule has 0 radical (unpaired) electrons. The molecule has 0 bridgehead atoms. The highest BCUT2D eigenvalue weighted by molar-refractivity contribution is 6.33. The zero-order valence-electron chi connectivity index (χ0n) is 14.0. The molecule has 1 atom stereocenters. The summed E-state index contributed by atoms with van der Waals surface area (Å²) in [5.74, 6) is -1.29. The average molecular weight is 354 g/mol. The van der Waals surface area contributed by atoms with E-state index in [1.54, 1.807) is 20.8 Å². The minimum Gasteiger partial charge on any atom is -0.496 e. The highest BCUT2D eigenvalue weighted by atomic mass is 35.5. The van der Waals surface area contributed by atoms with Crippen molar-refractivity contribution in [2.24, 2.45) is 5.92 Å². The number of ether oxygens (including phenoxy) is 2. The molecule has 0 aromatic heterocycles. The Morgan fingerprint density at radius 3 is 2.58 bits per heavy atom. The van der Waals surface area contributed by atoms with Crippen LogP contribution < -0.4 is 15.8 Å². The van der Waals surface area contributed by atoms with E-state index < -0.39 is 24.0 Å². The maximum absolute atomic E-state index is 12.1. The van der Waals surface area contributed by atoms with Crippen molar-refractivity contribution in [1.29, 1.82) is 5.26 Å². The van der Waals surface area contributed by atoms with Crippen LogP contribution in [-0.2, 0) is 9.53 Å². The number of rotatable bonds is 6. The summed E-state index contributed by atoms with van der Waals surface area (Å²) in [7, 11) is 1.37. The molecule has 1 aromatic carbocycles. The summed E-state index contributed by atoms with van der Waals surface area (Å²) in [5.41, 5.74) is 4.90. The molecule has 7 nitrogen and oxygen atoms in total. The number of hydrogen-bond donors (Lipinski definition) is 2. The maximum atomic E-state index is 12.1. The highest BCUT2D eigenvalue weighted by Crippen LogP contribution is 2.29. The predicted octanol–water partition coefficient (Wildman–Crippen LogP) is 2.14. The summed E-state index contributed by atoms with van der Waals surface area (Å²) in [6.45, 7) is 4.67. The van der Waals surface area contributed by atoms with E-state index in [4.69, 9.17) is 32.1 Å². The largest absolute Gasteiger partial charge is 0.496 e. The zero-order valence-corrected chi connectivity index (χ0v) is 14.7. The third-order valence-corrected chi connectivity index (χ3v) is 3.99. The Morgan fingerprint density at radius 1 is 1.46 bits per heavy atom. The molecule has 0 fully saturated rings. The predicted molar refractivity (Wildman–Crippen MR) is 89.7 cm³/mol. The lowest BCUT2D eigenvalue weighted by Gasteiger charge is -2.27. The molecule has 0 heterocycles. The molecule has 1 aromatic rings. The molecule has 0 saturated heterocycles. The normalized spacial score (nSPS) is 12.9. The molecule has 0 aliphatic carbocycles. The number of hydrogen-bond acceptors (Lipinski definition) is 6. The van der Waals surface area contributed by atoms with Crippen molar-refractivity contribution in [1.82, 2.24) is 5.32 Å². The second kappa shape index (κ2) is 7.88. The van der Waals surface area contributed by atoms with E-state index in [0.29, 0.717) is 0 Å². The van der Waals surface area contributed by atoms with Crippen LogP contribution >= 0.6 is 11.6 Å². The Bertz CT molecular complexity index is 685. The van der Waals surface area contributed by atoms with E-state index in [2.05, 4.69) is 5.32 Å². The number of nitrogens with two attached hydrogens (primary N) is 1. The molecular formula is C16H20ClN3O4. The highest BCUT2D eigenvalue weighted by Gasteiger charge is 2.30. The van der Waals surface area contributed by atoms with Crippen LogP contribution in [0.3, 0.4) is 0 Å². The third-order valence-electron chi connectivity index (χ3n) is 3.66. The topological polar surface area (TPSA) is 114 Å². The van der Waals surface area contributed by atoms with Crippen molar-refractivity contribution in [3.05, 3.63) is 22.7 Å². The van der Waals surface area contributed by atoms with Gasteiger partial charge in [0.25, 0.3) is 5.91 Å². The van der Waals surface area contributed by atoms with Gasteiger partial charge in [-0.05, 0) is 18.9 Å². The van der Waals surface area contributed by atoms with Crippen LogP contribution in [0.5, 0.6) is 5.75 Å². The summed E-state index contributed by atoms with van der Waals surface area (Å²) in [5, 5.41) is 11.9. The number of halogens is 1. The number of methoxy groups -OCH3 is 1. The molecule has 0 unspecified atom stereocenters.